The molecular formula is C28H29N5O2. The van der Waals surface area contributed by atoms with Crippen molar-refractivity contribution in [3.63, 3.8) is 0 Å². The molecule has 3 heterocycles. The van der Waals surface area contributed by atoms with E-state index in [4.69, 9.17) is 4.74 Å². The maximum atomic E-state index is 13.5. The van der Waals surface area contributed by atoms with Gasteiger partial charge in [-0.05, 0) is 87.2 Å². The van der Waals surface area contributed by atoms with Gasteiger partial charge in [0, 0.05) is 34.4 Å². The van der Waals surface area contributed by atoms with Crippen molar-refractivity contribution in [1.82, 2.24) is 25.8 Å². The van der Waals surface area contributed by atoms with E-state index in [1.807, 2.05) is 44.2 Å². The fraction of sp³-hybridized carbons (Fsp3) is 0.321. The van der Waals surface area contributed by atoms with Crippen molar-refractivity contribution in [3.05, 3.63) is 77.1 Å². The van der Waals surface area contributed by atoms with Gasteiger partial charge in [0.1, 0.15) is 12.4 Å². The lowest BCUT2D eigenvalue weighted by Crippen LogP contribution is -2.46. The molecule has 1 atom stereocenters. The number of aryl methyl sites for hydroxylation is 2. The number of benzene rings is 2. The molecule has 2 aliphatic rings. The summed E-state index contributed by atoms with van der Waals surface area (Å²) in [6.45, 7) is 5.61. The van der Waals surface area contributed by atoms with Gasteiger partial charge in [0.05, 0.1) is 16.7 Å². The van der Waals surface area contributed by atoms with E-state index in [0.717, 1.165) is 70.5 Å². The third kappa shape index (κ3) is 4.17. The maximum Gasteiger partial charge on any atom is 0.252 e. The van der Waals surface area contributed by atoms with Crippen LogP contribution in [0.4, 0.5) is 0 Å². The van der Waals surface area contributed by atoms with E-state index in [1.54, 1.807) is 6.20 Å². The zero-order chi connectivity index (χ0) is 24.0. The van der Waals surface area contributed by atoms with Gasteiger partial charge in [0.25, 0.3) is 5.91 Å². The molecule has 35 heavy (non-hydrogen) atoms. The Morgan fingerprint density at radius 3 is 2.74 bits per heavy atom. The summed E-state index contributed by atoms with van der Waals surface area (Å²) in [5, 5.41) is 15.2. The molecule has 3 N–H and O–H groups in total. The summed E-state index contributed by atoms with van der Waals surface area (Å²) in [7, 11) is 0. The van der Waals surface area contributed by atoms with Gasteiger partial charge in [-0.3, -0.25) is 14.9 Å². The molecule has 0 unspecified atom stereocenters. The van der Waals surface area contributed by atoms with E-state index in [0.29, 0.717) is 18.2 Å². The van der Waals surface area contributed by atoms with Crippen LogP contribution < -0.4 is 15.4 Å². The summed E-state index contributed by atoms with van der Waals surface area (Å²) >= 11 is 0. The van der Waals surface area contributed by atoms with Crippen molar-refractivity contribution in [1.29, 1.82) is 0 Å². The molecule has 1 saturated heterocycles. The van der Waals surface area contributed by atoms with Crippen molar-refractivity contribution < 1.29 is 9.53 Å². The predicted octanol–water partition coefficient (Wildman–Crippen LogP) is 4.40. The number of nitrogens with one attached hydrogen (secondary N) is 3. The Labute approximate surface area is 204 Å². The monoisotopic (exact) mass is 467 g/mol. The van der Waals surface area contributed by atoms with Gasteiger partial charge < -0.3 is 15.4 Å². The second-order valence-corrected chi connectivity index (χ2v) is 9.79. The summed E-state index contributed by atoms with van der Waals surface area (Å²) < 4.78 is 5.95. The standard InChI is InChI=1S/C28H29N5O2/c1-17-5-6-21(35-16-20-7-11-29-20)15-23(17)27(34)31-28(8-9-28)24-13-19(25-12-18(2)32-33-25)14-26-22(24)4-3-10-30-26/h3-6,10,12-15,20,29H,7-9,11,16H2,1-2H3,(H,31,34)(H,32,33)/t20-/m0/s1. The molecule has 2 fully saturated rings. The van der Waals surface area contributed by atoms with Crippen molar-refractivity contribution in [2.75, 3.05) is 13.2 Å². The van der Waals surface area contributed by atoms with Crippen LogP contribution in [0.2, 0.25) is 0 Å². The van der Waals surface area contributed by atoms with Crippen LogP contribution in [-0.4, -0.2) is 40.3 Å². The van der Waals surface area contributed by atoms with Crippen LogP contribution in [0.25, 0.3) is 22.2 Å². The minimum absolute atomic E-state index is 0.0784. The Balaban J connectivity index is 1.31. The average Bonchev–Trinajstić information content (AvgIpc) is 3.48. The molecule has 2 aromatic heterocycles. The molecule has 6 rings (SSSR count). The normalized spacial score (nSPS) is 18.2. The molecule has 4 aromatic rings. The molecule has 7 heteroatoms. The molecule has 1 aliphatic carbocycles. The van der Waals surface area contributed by atoms with Crippen LogP contribution in [0.1, 0.15) is 46.4 Å². The van der Waals surface area contributed by atoms with Gasteiger partial charge in [0.2, 0.25) is 0 Å². The number of aromatic nitrogens is 3. The molecule has 1 saturated carbocycles. The largest absolute Gasteiger partial charge is 0.492 e. The number of hydrogen-bond acceptors (Lipinski definition) is 5. The van der Waals surface area contributed by atoms with Crippen molar-refractivity contribution >= 4 is 16.8 Å². The lowest BCUT2D eigenvalue weighted by atomic mass is 9.94. The number of amides is 1. The number of carbonyl (C=O) groups excluding carboxylic acids is 1. The third-order valence-electron chi connectivity index (χ3n) is 7.17. The number of carbonyl (C=O) groups is 1. The van der Waals surface area contributed by atoms with Crippen LogP contribution >= 0.6 is 0 Å². The van der Waals surface area contributed by atoms with Gasteiger partial charge in [0.15, 0.2) is 0 Å². The first-order valence-electron chi connectivity index (χ1n) is 12.2. The number of ether oxygens (including phenoxy) is 1. The highest BCUT2D eigenvalue weighted by atomic mass is 16.5. The number of hydrogen-bond donors (Lipinski definition) is 3. The molecule has 0 spiro atoms. The highest BCUT2D eigenvalue weighted by Gasteiger charge is 2.47. The Bertz CT molecular complexity index is 1420. The van der Waals surface area contributed by atoms with E-state index in [1.165, 1.54) is 0 Å². The number of aromatic amines is 1. The maximum absolute atomic E-state index is 13.5. The molecule has 1 amide bonds. The smallest absolute Gasteiger partial charge is 0.252 e. The van der Waals surface area contributed by atoms with E-state index in [2.05, 4.69) is 44.0 Å². The van der Waals surface area contributed by atoms with E-state index in [-0.39, 0.29) is 5.91 Å². The second kappa shape index (κ2) is 8.50. The van der Waals surface area contributed by atoms with Gasteiger partial charge >= 0.3 is 0 Å². The van der Waals surface area contributed by atoms with Crippen molar-refractivity contribution in [2.45, 2.75) is 44.7 Å². The molecule has 0 radical (unpaired) electrons. The summed E-state index contributed by atoms with van der Waals surface area (Å²) in [4.78, 5) is 18.1. The van der Waals surface area contributed by atoms with Gasteiger partial charge in [-0.25, -0.2) is 0 Å². The molecular weight excluding hydrogens is 438 g/mol. The first kappa shape index (κ1) is 21.8. The summed E-state index contributed by atoms with van der Waals surface area (Å²) in [6.07, 6.45) is 4.70. The zero-order valence-corrected chi connectivity index (χ0v) is 20.0. The van der Waals surface area contributed by atoms with Crippen LogP contribution in [0.15, 0.2) is 54.7 Å². The summed E-state index contributed by atoms with van der Waals surface area (Å²) in [5.74, 6) is 0.648. The molecule has 178 valence electrons. The fourth-order valence-electron chi connectivity index (χ4n) is 4.79. The number of nitrogens with zero attached hydrogens (tertiary/aromatic N) is 2. The number of rotatable bonds is 7. The van der Waals surface area contributed by atoms with Crippen LogP contribution in [0, 0.1) is 13.8 Å². The van der Waals surface area contributed by atoms with Gasteiger partial charge in [-0.2, -0.15) is 5.10 Å². The van der Waals surface area contributed by atoms with E-state index in [9.17, 15) is 4.79 Å². The zero-order valence-electron chi connectivity index (χ0n) is 20.0. The topological polar surface area (TPSA) is 91.9 Å². The first-order chi connectivity index (χ1) is 17.0. The van der Waals surface area contributed by atoms with Crippen molar-refractivity contribution in [2.24, 2.45) is 0 Å². The highest BCUT2D eigenvalue weighted by molar-refractivity contribution is 5.98. The number of pyridine rings is 1. The number of H-pyrrole nitrogens is 1. The Kier molecular flexibility index (Phi) is 5.29. The quantitative estimate of drug-likeness (QED) is 0.375. The average molecular weight is 468 g/mol. The minimum Gasteiger partial charge on any atom is -0.492 e. The lowest BCUT2D eigenvalue weighted by molar-refractivity contribution is 0.0930. The Morgan fingerprint density at radius 1 is 1.17 bits per heavy atom. The lowest BCUT2D eigenvalue weighted by Gasteiger charge is -2.27. The molecule has 0 bridgehead atoms. The van der Waals surface area contributed by atoms with Gasteiger partial charge in [-0.15, -0.1) is 0 Å². The Morgan fingerprint density at radius 2 is 2.03 bits per heavy atom. The highest BCUT2D eigenvalue weighted by Crippen LogP contribution is 2.49. The predicted molar refractivity (Wildman–Crippen MR) is 136 cm³/mol. The first-order valence-corrected chi connectivity index (χ1v) is 12.2. The van der Waals surface area contributed by atoms with Crippen LogP contribution in [0.5, 0.6) is 5.75 Å². The van der Waals surface area contributed by atoms with Crippen LogP contribution in [0.3, 0.4) is 0 Å². The third-order valence-corrected chi connectivity index (χ3v) is 7.17. The summed E-state index contributed by atoms with van der Waals surface area (Å²) in [5.41, 5.74) is 6.02. The van der Waals surface area contributed by atoms with E-state index < -0.39 is 5.54 Å². The SMILES string of the molecule is Cc1cc(-c2cc(C3(NC(=O)c4cc(OC[C@@H]5CCN5)ccc4C)CC3)c3cccnc3c2)n[nH]1. The number of fused-ring (bicyclic) bond motifs is 1. The van der Waals surface area contributed by atoms with Crippen LogP contribution in [-0.2, 0) is 5.54 Å². The molecule has 7 nitrogen and oxygen atoms in total. The molecule has 2 aromatic carbocycles. The fourth-order valence-corrected chi connectivity index (χ4v) is 4.79. The second-order valence-electron chi connectivity index (χ2n) is 9.79. The minimum atomic E-state index is -0.418. The molecule has 1 aliphatic heterocycles. The summed E-state index contributed by atoms with van der Waals surface area (Å²) in [6, 6.07) is 16.4. The van der Waals surface area contributed by atoms with Gasteiger partial charge in [-0.1, -0.05) is 12.1 Å². The Hall–Kier alpha value is -3.71. The van der Waals surface area contributed by atoms with Crippen molar-refractivity contribution in [3.8, 4) is 17.0 Å². The van der Waals surface area contributed by atoms with E-state index >= 15 is 0 Å².